The molecule has 0 N–H and O–H groups in total. The van der Waals surface area contributed by atoms with Gasteiger partial charge in [-0.2, -0.15) is 25.2 Å². The van der Waals surface area contributed by atoms with Crippen molar-refractivity contribution in [3.8, 4) is 0 Å². The number of anilines is 4. The van der Waals surface area contributed by atoms with E-state index in [9.17, 15) is 0 Å². The van der Waals surface area contributed by atoms with E-state index in [1.165, 1.54) is 83.4 Å². The largest absolute Gasteiger partial charge is 3.00 e. The molecule has 54 heavy (non-hydrogen) atoms. The third-order valence-electron chi connectivity index (χ3n) is 9.98. The van der Waals surface area contributed by atoms with Crippen molar-refractivity contribution in [3.05, 3.63) is 191 Å². The second-order valence-corrected chi connectivity index (χ2v) is 16.4. The molecule has 0 atom stereocenters. The first-order chi connectivity index (χ1) is 25.3. The Hall–Kier alpha value is -4.63. The molecule has 0 spiro atoms. The molecule has 4 nitrogen and oxygen atoms in total. The van der Waals surface area contributed by atoms with E-state index in [1.807, 2.05) is 0 Å². The summed E-state index contributed by atoms with van der Waals surface area (Å²) in [6.45, 7) is 30.3. The van der Waals surface area contributed by atoms with Crippen LogP contribution in [0, 0.1) is 89.5 Å². The Morgan fingerprint density at radius 3 is 1.26 bits per heavy atom. The van der Waals surface area contributed by atoms with Crippen molar-refractivity contribution < 1.29 is 16.8 Å². The van der Waals surface area contributed by atoms with Crippen molar-refractivity contribution in [1.82, 2.24) is 0 Å². The number of rotatable bonds is 7. The summed E-state index contributed by atoms with van der Waals surface area (Å²) in [5.41, 5.74) is 20.5. The summed E-state index contributed by atoms with van der Waals surface area (Å²) in [5, 5.41) is 1.47. The Balaban J connectivity index is 0.000000211. The molecule has 1 radical (unpaired) electrons. The molecule has 0 aromatic heterocycles. The van der Waals surface area contributed by atoms with Crippen LogP contribution in [0.15, 0.2) is 104 Å². The van der Waals surface area contributed by atoms with Gasteiger partial charge in [-0.1, -0.05) is 113 Å². The SMILES string of the molecule is Cc1cc(C)c(N2C=CN(c3c(C)cc(C)cc3C[SiH]c3ccccc3)[CH-]2)c(C)c1.[CH2-]c1cc(C)cc(C)c1N1C=CN(c2c(C)cc(C)cc2C)[CH-]1.[Co+3]. The van der Waals surface area contributed by atoms with E-state index < -0.39 is 0 Å². The zero-order valence-electron chi connectivity index (χ0n) is 33.6. The fraction of sp³-hybridized carbons (Fsp3) is 0.229. The van der Waals surface area contributed by atoms with Crippen molar-refractivity contribution in [3.63, 3.8) is 0 Å². The maximum absolute atomic E-state index is 4.22. The predicted octanol–water partition coefficient (Wildman–Crippen LogP) is 10.7. The number of hydrogen-bond acceptors (Lipinski definition) is 4. The van der Waals surface area contributed by atoms with Gasteiger partial charge in [0.25, 0.3) is 0 Å². The summed E-state index contributed by atoms with van der Waals surface area (Å²) in [4.78, 5) is 8.92. The van der Waals surface area contributed by atoms with E-state index in [4.69, 9.17) is 0 Å². The van der Waals surface area contributed by atoms with Gasteiger partial charge in [0, 0.05) is 17.1 Å². The summed E-state index contributed by atoms with van der Waals surface area (Å²) in [6.07, 6.45) is 8.59. The minimum Gasteiger partial charge on any atom is -0.532 e. The maximum Gasteiger partial charge on any atom is 3.00 e. The normalized spacial score (nSPS) is 13.4. The molecule has 0 fully saturated rings. The molecule has 5 aromatic carbocycles. The number of benzene rings is 5. The topological polar surface area (TPSA) is 13.0 Å². The third-order valence-corrected chi connectivity index (χ3v) is 11.5. The molecule has 0 unspecified atom stereocenters. The standard InChI is InChI=1S/C27H30N2Si.C21H24N2.Co/c1-19-13-21(3)26(22(4)14-19)28-11-12-29(18-28)27-23(5)15-20(2)16-24(27)17-30-25-9-7-6-8-10-25;1-14-9-16(3)20(17(4)10-14)22-7-8-23(13-22)21-18(5)11-15(2)12-19(21)6;/h6-16,18,30H,17H2,1-5H3;7-13H,3H2,1-2,4-6H3;/q-1;-2;+3. The van der Waals surface area contributed by atoms with Gasteiger partial charge in [0.2, 0.25) is 0 Å². The minimum absolute atomic E-state index is 0. The smallest absolute Gasteiger partial charge is 0.532 e. The molecule has 6 heteroatoms. The number of hydrogen-bond donors (Lipinski definition) is 0. The van der Waals surface area contributed by atoms with Gasteiger partial charge in [0.05, 0.1) is 9.52 Å². The summed E-state index contributed by atoms with van der Waals surface area (Å²) in [7, 11) is 0.210. The Bertz CT molecular complexity index is 2050. The molecule has 2 heterocycles. The molecule has 0 amide bonds. The van der Waals surface area contributed by atoms with E-state index in [1.54, 1.807) is 0 Å². The van der Waals surface area contributed by atoms with Crippen LogP contribution in [0.25, 0.3) is 0 Å². The van der Waals surface area contributed by atoms with E-state index in [-0.39, 0.29) is 26.3 Å². The monoisotopic (exact) mass is 773 g/mol. The van der Waals surface area contributed by atoms with Crippen molar-refractivity contribution >= 4 is 37.5 Å². The Labute approximate surface area is 338 Å². The molecule has 0 saturated heterocycles. The Morgan fingerprint density at radius 1 is 0.463 bits per heavy atom. The molecule has 0 saturated carbocycles. The second-order valence-electron chi connectivity index (χ2n) is 14.9. The van der Waals surface area contributed by atoms with Gasteiger partial charge in [-0.05, 0) is 127 Å². The molecular weight excluding hydrogens is 720 g/mol. The second kappa shape index (κ2) is 17.2. The number of nitrogens with zero attached hydrogens (tertiary/aromatic N) is 4. The first kappa shape index (κ1) is 40.6. The van der Waals surface area contributed by atoms with Gasteiger partial charge in [0.15, 0.2) is 0 Å². The van der Waals surface area contributed by atoms with Crippen molar-refractivity contribution in [2.45, 2.75) is 75.3 Å². The molecule has 0 bridgehead atoms. The molecule has 2 aliphatic rings. The molecular formula is C48H54CoN4Si. The first-order valence-electron chi connectivity index (χ1n) is 18.6. The molecule has 279 valence electrons. The van der Waals surface area contributed by atoms with E-state index in [0.29, 0.717) is 0 Å². The predicted molar refractivity (Wildman–Crippen MR) is 231 cm³/mol. The van der Waals surface area contributed by atoms with Crippen LogP contribution in [0.1, 0.15) is 66.8 Å². The fourth-order valence-corrected chi connectivity index (χ4v) is 9.47. The van der Waals surface area contributed by atoms with Gasteiger partial charge < -0.3 is 19.6 Å². The molecule has 0 aliphatic carbocycles. The summed E-state index contributed by atoms with van der Waals surface area (Å²) >= 11 is 0. The van der Waals surface area contributed by atoms with Gasteiger partial charge in [-0.25, -0.2) is 0 Å². The molecule has 2 aliphatic heterocycles. The van der Waals surface area contributed by atoms with Crippen LogP contribution >= 0.6 is 0 Å². The first-order valence-corrected chi connectivity index (χ1v) is 20.0. The zero-order chi connectivity index (χ0) is 38.0. The van der Waals surface area contributed by atoms with Gasteiger partial charge >= 0.3 is 16.8 Å². The average molecular weight is 774 g/mol. The van der Waals surface area contributed by atoms with Gasteiger partial charge in [0.1, 0.15) is 0 Å². The van der Waals surface area contributed by atoms with Crippen molar-refractivity contribution in [1.29, 1.82) is 0 Å². The van der Waals surface area contributed by atoms with E-state index >= 15 is 0 Å². The average Bonchev–Trinajstić information content (AvgIpc) is 3.74. The van der Waals surface area contributed by atoms with Crippen LogP contribution in [-0.2, 0) is 22.8 Å². The van der Waals surface area contributed by atoms with Crippen LogP contribution in [0.4, 0.5) is 22.7 Å². The van der Waals surface area contributed by atoms with Gasteiger partial charge in [-0.3, -0.25) is 0 Å². The number of aryl methyl sites for hydroxylation is 10. The van der Waals surface area contributed by atoms with Gasteiger partial charge in [-0.15, -0.1) is 12.2 Å². The Kier molecular flexibility index (Phi) is 12.9. The molecule has 7 rings (SSSR count). The minimum atomic E-state index is 0. The van der Waals surface area contributed by atoms with Crippen LogP contribution in [0.3, 0.4) is 0 Å². The zero-order valence-corrected chi connectivity index (χ0v) is 35.8. The summed E-state index contributed by atoms with van der Waals surface area (Å²) < 4.78 is 0. The van der Waals surface area contributed by atoms with Crippen molar-refractivity contribution in [2.75, 3.05) is 19.6 Å². The molecule has 5 aromatic rings. The maximum atomic E-state index is 4.22. The van der Waals surface area contributed by atoms with E-state index in [0.717, 1.165) is 17.3 Å². The van der Waals surface area contributed by atoms with Crippen LogP contribution in [0.2, 0.25) is 0 Å². The van der Waals surface area contributed by atoms with Crippen LogP contribution < -0.4 is 24.8 Å². The Morgan fingerprint density at radius 2 is 0.815 bits per heavy atom. The summed E-state index contributed by atoms with van der Waals surface area (Å²) in [5.74, 6) is 0. The van der Waals surface area contributed by atoms with E-state index in [2.05, 4.69) is 213 Å². The van der Waals surface area contributed by atoms with Crippen LogP contribution in [0.5, 0.6) is 0 Å². The fourth-order valence-electron chi connectivity index (χ4n) is 8.21. The van der Waals surface area contributed by atoms with Crippen molar-refractivity contribution in [2.24, 2.45) is 0 Å². The quantitative estimate of drug-likeness (QED) is 0.121. The third kappa shape index (κ3) is 9.00. The summed E-state index contributed by atoms with van der Waals surface area (Å²) in [6, 6.07) is 30.0. The van der Waals surface area contributed by atoms with Crippen LogP contribution in [-0.4, -0.2) is 9.52 Å².